The standard InChI is InChI=1S/C15H23FN2/c1-3-18(10-12-6-4-7-12)15-13(11(2)17)8-5-9-14(15)16/h5,8-9,11-12H,3-4,6-7,10,17H2,1-2H3. The number of benzene rings is 1. The SMILES string of the molecule is CCN(CC1CCC1)c1c(F)cccc1C(C)N. The van der Waals surface area contributed by atoms with Crippen molar-refractivity contribution in [1.29, 1.82) is 0 Å². The maximum atomic E-state index is 14.1. The molecule has 0 heterocycles. The molecule has 0 aliphatic heterocycles. The third-order valence-electron chi connectivity index (χ3n) is 3.91. The summed E-state index contributed by atoms with van der Waals surface area (Å²) in [5, 5.41) is 0. The first kappa shape index (κ1) is 13.3. The normalized spacial score (nSPS) is 17.3. The number of halogens is 1. The summed E-state index contributed by atoms with van der Waals surface area (Å²) >= 11 is 0. The van der Waals surface area contributed by atoms with E-state index >= 15 is 0 Å². The van der Waals surface area contributed by atoms with Crippen molar-refractivity contribution in [2.45, 2.75) is 39.2 Å². The van der Waals surface area contributed by atoms with E-state index < -0.39 is 0 Å². The minimum atomic E-state index is -0.147. The largest absolute Gasteiger partial charge is 0.369 e. The monoisotopic (exact) mass is 250 g/mol. The van der Waals surface area contributed by atoms with E-state index in [1.807, 2.05) is 13.0 Å². The molecule has 0 amide bonds. The lowest BCUT2D eigenvalue weighted by Gasteiger charge is -2.34. The number of nitrogens with two attached hydrogens (primary N) is 1. The average molecular weight is 250 g/mol. The summed E-state index contributed by atoms with van der Waals surface area (Å²) < 4.78 is 14.1. The number of para-hydroxylation sites is 1. The fraction of sp³-hybridized carbons (Fsp3) is 0.600. The van der Waals surface area contributed by atoms with Gasteiger partial charge in [-0.15, -0.1) is 0 Å². The third-order valence-corrected chi connectivity index (χ3v) is 3.91. The highest BCUT2D eigenvalue weighted by atomic mass is 19.1. The second kappa shape index (κ2) is 5.70. The Morgan fingerprint density at radius 3 is 2.67 bits per heavy atom. The molecule has 0 aromatic heterocycles. The van der Waals surface area contributed by atoms with Gasteiger partial charge in [0.2, 0.25) is 0 Å². The first-order valence-corrected chi connectivity index (χ1v) is 6.92. The van der Waals surface area contributed by atoms with Crippen LogP contribution < -0.4 is 10.6 Å². The van der Waals surface area contributed by atoms with Crippen molar-refractivity contribution in [2.24, 2.45) is 11.7 Å². The molecule has 2 nitrogen and oxygen atoms in total. The smallest absolute Gasteiger partial charge is 0.146 e. The van der Waals surface area contributed by atoms with E-state index in [9.17, 15) is 4.39 Å². The fourth-order valence-electron chi connectivity index (χ4n) is 2.60. The van der Waals surface area contributed by atoms with Gasteiger partial charge in [-0.2, -0.15) is 0 Å². The minimum Gasteiger partial charge on any atom is -0.369 e. The van der Waals surface area contributed by atoms with Crippen LogP contribution in [0.1, 0.15) is 44.7 Å². The molecule has 2 rings (SSSR count). The van der Waals surface area contributed by atoms with E-state index in [2.05, 4.69) is 11.8 Å². The molecule has 1 aliphatic carbocycles. The van der Waals surface area contributed by atoms with Crippen LogP contribution in [0.25, 0.3) is 0 Å². The van der Waals surface area contributed by atoms with Gasteiger partial charge in [-0.3, -0.25) is 0 Å². The summed E-state index contributed by atoms with van der Waals surface area (Å²) in [7, 11) is 0. The van der Waals surface area contributed by atoms with Crippen molar-refractivity contribution in [3.05, 3.63) is 29.6 Å². The van der Waals surface area contributed by atoms with Crippen LogP contribution in [0, 0.1) is 11.7 Å². The molecule has 1 saturated carbocycles. The Hall–Kier alpha value is -1.09. The first-order chi connectivity index (χ1) is 8.63. The lowest BCUT2D eigenvalue weighted by Crippen LogP contribution is -2.34. The zero-order valence-electron chi connectivity index (χ0n) is 11.3. The van der Waals surface area contributed by atoms with Gasteiger partial charge in [0.1, 0.15) is 5.82 Å². The van der Waals surface area contributed by atoms with Crippen LogP contribution in [-0.4, -0.2) is 13.1 Å². The molecule has 1 unspecified atom stereocenters. The molecule has 1 aliphatic rings. The molecule has 1 aromatic carbocycles. The van der Waals surface area contributed by atoms with Gasteiger partial charge < -0.3 is 10.6 Å². The van der Waals surface area contributed by atoms with Crippen LogP contribution >= 0.6 is 0 Å². The van der Waals surface area contributed by atoms with Gasteiger partial charge in [0.05, 0.1) is 5.69 Å². The van der Waals surface area contributed by atoms with Gasteiger partial charge in [-0.05, 0) is 44.2 Å². The van der Waals surface area contributed by atoms with Crippen molar-refractivity contribution < 1.29 is 4.39 Å². The molecule has 18 heavy (non-hydrogen) atoms. The van der Waals surface area contributed by atoms with E-state index in [0.29, 0.717) is 5.69 Å². The molecule has 0 spiro atoms. The van der Waals surface area contributed by atoms with Gasteiger partial charge in [-0.1, -0.05) is 18.6 Å². The fourth-order valence-corrected chi connectivity index (χ4v) is 2.60. The van der Waals surface area contributed by atoms with Crippen LogP contribution in [0.15, 0.2) is 18.2 Å². The molecule has 3 heteroatoms. The molecule has 100 valence electrons. The Kier molecular flexibility index (Phi) is 4.23. The second-order valence-corrected chi connectivity index (χ2v) is 5.30. The highest BCUT2D eigenvalue weighted by molar-refractivity contribution is 5.56. The zero-order valence-corrected chi connectivity index (χ0v) is 11.3. The van der Waals surface area contributed by atoms with Crippen LogP contribution in [-0.2, 0) is 0 Å². The van der Waals surface area contributed by atoms with E-state index in [0.717, 1.165) is 24.6 Å². The lowest BCUT2D eigenvalue weighted by atomic mass is 9.85. The van der Waals surface area contributed by atoms with Crippen molar-refractivity contribution in [2.75, 3.05) is 18.0 Å². The van der Waals surface area contributed by atoms with Crippen molar-refractivity contribution >= 4 is 5.69 Å². The number of rotatable bonds is 5. The number of hydrogen-bond acceptors (Lipinski definition) is 2. The second-order valence-electron chi connectivity index (χ2n) is 5.30. The first-order valence-electron chi connectivity index (χ1n) is 6.92. The van der Waals surface area contributed by atoms with Crippen LogP contribution in [0.3, 0.4) is 0 Å². The quantitative estimate of drug-likeness (QED) is 0.867. The van der Waals surface area contributed by atoms with Gasteiger partial charge in [0, 0.05) is 19.1 Å². The molecule has 0 saturated heterocycles. The molecule has 1 fully saturated rings. The maximum absolute atomic E-state index is 14.1. The van der Waals surface area contributed by atoms with Crippen LogP contribution in [0.2, 0.25) is 0 Å². The Morgan fingerprint density at radius 2 is 2.17 bits per heavy atom. The van der Waals surface area contributed by atoms with E-state index in [-0.39, 0.29) is 11.9 Å². The number of nitrogens with zero attached hydrogens (tertiary/aromatic N) is 1. The average Bonchev–Trinajstić information content (AvgIpc) is 2.28. The molecule has 1 aromatic rings. The van der Waals surface area contributed by atoms with E-state index in [1.165, 1.54) is 25.3 Å². The summed E-state index contributed by atoms with van der Waals surface area (Å²) in [6, 6.07) is 5.08. The van der Waals surface area contributed by atoms with Gasteiger partial charge in [0.25, 0.3) is 0 Å². The molecular formula is C15H23FN2. The highest BCUT2D eigenvalue weighted by Crippen LogP contribution is 2.33. The van der Waals surface area contributed by atoms with E-state index in [1.54, 1.807) is 6.07 Å². The van der Waals surface area contributed by atoms with Crippen LogP contribution in [0.4, 0.5) is 10.1 Å². The number of anilines is 1. The Bertz CT molecular complexity index is 399. The van der Waals surface area contributed by atoms with Crippen molar-refractivity contribution in [3.63, 3.8) is 0 Å². The predicted octanol–water partition coefficient (Wildman–Crippen LogP) is 3.47. The summed E-state index contributed by atoms with van der Waals surface area (Å²) in [5.41, 5.74) is 7.58. The van der Waals surface area contributed by atoms with Crippen molar-refractivity contribution in [1.82, 2.24) is 0 Å². The molecular weight excluding hydrogens is 227 g/mol. The number of hydrogen-bond donors (Lipinski definition) is 1. The minimum absolute atomic E-state index is 0.133. The molecule has 0 radical (unpaired) electrons. The van der Waals surface area contributed by atoms with Crippen LogP contribution in [0.5, 0.6) is 0 Å². The summed E-state index contributed by atoms with van der Waals surface area (Å²) in [4.78, 5) is 2.15. The van der Waals surface area contributed by atoms with E-state index in [4.69, 9.17) is 5.73 Å². The van der Waals surface area contributed by atoms with Gasteiger partial charge >= 0.3 is 0 Å². The summed E-state index contributed by atoms with van der Waals surface area (Å²) in [6.07, 6.45) is 3.87. The highest BCUT2D eigenvalue weighted by Gasteiger charge is 2.23. The molecule has 1 atom stereocenters. The molecule has 0 bridgehead atoms. The Balaban J connectivity index is 2.27. The predicted molar refractivity (Wildman–Crippen MR) is 74.2 cm³/mol. The van der Waals surface area contributed by atoms with Gasteiger partial charge in [-0.25, -0.2) is 4.39 Å². The Morgan fingerprint density at radius 1 is 1.44 bits per heavy atom. The summed E-state index contributed by atoms with van der Waals surface area (Å²) in [6.45, 7) is 5.78. The third kappa shape index (κ3) is 2.66. The topological polar surface area (TPSA) is 29.3 Å². The maximum Gasteiger partial charge on any atom is 0.146 e. The van der Waals surface area contributed by atoms with Gasteiger partial charge in [0.15, 0.2) is 0 Å². The molecule has 2 N–H and O–H groups in total. The Labute approximate surface area is 109 Å². The summed E-state index contributed by atoms with van der Waals surface area (Å²) in [5.74, 6) is 0.580. The zero-order chi connectivity index (χ0) is 13.1. The van der Waals surface area contributed by atoms with Crippen molar-refractivity contribution in [3.8, 4) is 0 Å². The lowest BCUT2D eigenvalue weighted by molar-refractivity contribution is 0.317.